The van der Waals surface area contributed by atoms with Gasteiger partial charge in [0.1, 0.15) is 5.82 Å². The molecule has 156 valence electrons. The van der Waals surface area contributed by atoms with Gasteiger partial charge in [0.05, 0.1) is 32.9 Å². The summed E-state index contributed by atoms with van der Waals surface area (Å²) in [5.41, 5.74) is -0.0310. The Bertz CT molecular complexity index is 954. The van der Waals surface area contributed by atoms with E-state index in [9.17, 15) is 26.7 Å². The van der Waals surface area contributed by atoms with Crippen LogP contribution in [0, 0.1) is 17.6 Å². The van der Waals surface area contributed by atoms with Crippen molar-refractivity contribution >= 4 is 44.9 Å². The lowest BCUT2D eigenvalue weighted by atomic mass is 10.1. The summed E-state index contributed by atoms with van der Waals surface area (Å²) in [5.74, 6) is -3.72. The van der Waals surface area contributed by atoms with E-state index >= 15 is 0 Å². The molecule has 3 rings (SSSR count). The molecule has 12 heteroatoms. The summed E-state index contributed by atoms with van der Waals surface area (Å²) >= 11 is 8.59. The smallest absolute Gasteiger partial charge is 0.336 e. The molecule has 0 aliphatic heterocycles. The molecule has 1 heterocycles. The van der Waals surface area contributed by atoms with Gasteiger partial charge in [0.2, 0.25) is 0 Å². The van der Waals surface area contributed by atoms with Gasteiger partial charge in [-0.15, -0.1) is 0 Å². The molecule has 29 heavy (non-hydrogen) atoms. The van der Waals surface area contributed by atoms with Crippen LogP contribution in [0.15, 0.2) is 22.8 Å². The van der Waals surface area contributed by atoms with E-state index in [-0.39, 0.29) is 16.6 Å². The maximum absolute atomic E-state index is 14.5. The van der Waals surface area contributed by atoms with E-state index in [2.05, 4.69) is 31.7 Å². The highest BCUT2D eigenvalue weighted by molar-refractivity contribution is 9.10. The number of benzene rings is 1. The van der Waals surface area contributed by atoms with Crippen LogP contribution in [0.4, 0.5) is 33.5 Å². The lowest BCUT2D eigenvalue weighted by Crippen LogP contribution is -2.26. The van der Waals surface area contributed by atoms with Crippen molar-refractivity contribution < 1.29 is 31.6 Å². The fourth-order valence-corrected chi connectivity index (χ4v) is 2.88. The van der Waals surface area contributed by atoms with Crippen LogP contribution in [0.5, 0.6) is 0 Å². The Morgan fingerprint density at radius 2 is 1.97 bits per heavy atom. The van der Waals surface area contributed by atoms with Crippen LogP contribution >= 0.6 is 27.5 Å². The van der Waals surface area contributed by atoms with Gasteiger partial charge in [-0.05, 0) is 46.8 Å². The van der Waals surface area contributed by atoms with E-state index < -0.39 is 45.8 Å². The highest BCUT2D eigenvalue weighted by atomic mass is 79.9. The molecule has 0 radical (unpaired) electrons. The monoisotopic (exact) mass is 499 g/mol. The van der Waals surface area contributed by atoms with Gasteiger partial charge >= 0.3 is 6.18 Å². The van der Waals surface area contributed by atoms with Crippen LogP contribution < -0.4 is 10.8 Å². The van der Waals surface area contributed by atoms with Gasteiger partial charge in [0, 0.05) is 6.20 Å². The molecule has 1 saturated carbocycles. The van der Waals surface area contributed by atoms with Gasteiger partial charge in [-0.1, -0.05) is 11.6 Å². The van der Waals surface area contributed by atoms with Crippen molar-refractivity contribution in [1.29, 1.82) is 0 Å². The number of halogens is 7. The number of carbonyl (C=O) groups excluding carboxylic acids is 1. The summed E-state index contributed by atoms with van der Waals surface area (Å²) in [7, 11) is 0. The first-order chi connectivity index (χ1) is 13.6. The molecule has 0 bridgehead atoms. The van der Waals surface area contributed by atoms with Crippen LogP contribution in [0.1, 0.15) is 28.8 Å². The zero-order valence-electron chi connectivity index (χ0n) is 14.3. The van der Waals surface area contributed by atoms with Gasteiger partial charge in [0.25, 0.3) is 5.91 Å². The van der Waals surface area contributed by atoms with Crippen LogP contribution in [0.2, 0.25) is 5.02 Å². The van der Waals surface area contributed by atoms with Gasteiger partial charge in [-0.25, -0.2) is 19.2 Å². The number of anilines is 2. The molecule has 1 aliphatic rings. The molecular formula is C17H12BrClF5N3O2. The third kappa shape index (κ3) is 5.14. The second kappa shape index (κ2) is 8.41. The van der Waals surface area contributed by atoms with Crippen LogP contribution in [-0.4, -0.2) is 17.5 Å². The molecule has 0 unspecified atom stereocenters. The van der Waals surface area contributed by atoms with E-state index in [4.69, 9.17) is 16.4 Å². The zero-order chi connectivity index (χ0) is 21.3. The molecule has 1 aromatic carbocycles. The number of pyridine rings is 1. The van der Waals surface area contributed by atoms with Gasteiger partial charge in [-0.2, -0.15) is 13.2 Å². The minimum absolute atomic E-state index is 0.269. The van der Waals surface area contributed by atoms with Crippen molar-refractivity contribution in [3.63, 3.8) is 0 Å². The first-order valence-corrected chi connectivity index (χ1v) is 9.34. The third-order valence-electron chi connectivity index (χ3n) is 4.00. The van der Waals surface area contributed by atoms with Crippen molar-refractivity contribution in [2.45, 2.75) is 19.0 Å². The maximum Gasteiger partial charge on any atom is 0.417 e. The van der Waals surface area contributed by atoms with Gasteiger partial charge < -0.3 is 5.32 Å². The summed E-state index contributed by atoms with van der Waals surface area (Å²) in [5, 5.41) is 1.78. The fraction of sp³-hybridized carbons (Fsp3) is 0.294. The van der Waals surface area contributed by atoms with E-state index in [0.29, 0.717) is 18.2 Å². The van der Waals surface area contributed by atoms with Gasteiger partial charge in [0.15, 0.2) is 11.6 Å². The molecule has 0 spiro atoms. The molecule has 2 N–H and O–H groups in total. The van der Waals surface area contributed by atoms with Crippen molar-refractivity contribution in [1.82, 2.24) is 10.5 Å². The quantitative estimate of drug-likeness (QED) is 0.308. The number of aromatic nitrogens is 1. The first kappa shape index (κ1) is 21.7. The molecule has 1 amide bonds. The molecule has 1 aliphatic carbocycles. The Labute approximate surface area is 174 Å². The van der Waals surface area contributed by atoms with Crippen molar-refractivity contribution in [2.24, 2.45) is 5.92 Å². The molecule has 0 atom stereocenters. The van der Waals surface area contributed by atoms with Crippen LogP contribution in [0.3, 0.4) is 0 Å². The second-order valence-electron chi connectivity index (χ2n) is 6.27. The van der Waals surface area contributed by atoms with Gasteiger partial charge in [-0.3, -0.25) is 9.63 Å². The van der Waals surface area contributed by atoms with Crippen LogP contribution in [0.25, 0.3) is 0 Å². The number of hydrogen-bond acceptors (Lipinski definition) is 4. The number of rotatable bonds is 6. The number of hydrogen-bond donors (Lipinski definition) is 2. The van der Waals surface area contributed by atoms with Crippen molar-refractivity contribution in [3.05, 3.63) is 50.6 Å². The normalized spacial score (nSPS) is 14.0. The van der Waals surface area contributed by atoms with Crippen molar-refractivity contribution in [3.8, 4) is 0 Å². The Morgan fingerprint density at radius 1 is 1.28 bits per heavy atom. The van der Waals surface area contributed by atoms with E-state index in [0.717, 1.165) is 18.9 Å². The standard InChI is InChI=1S/C17H12BrClF5N3O2/c18-10-4-9(16(28)27-29-6-7-1-2-7)14(13(21)12(10)20)26-15-11(19)3-8(5-25-15)17(22,23)24/h3-5,7H,1-2,6H2,(H,25,26)(H,27,28). The first-order valence-electron chi connectivity index (χ1n) is 8.17. The fourth-order valence-electron chi connectivity index (χ4n) is 2.26. The number of hydroxylamine groups is 1. The second-order valence-corrected chi connectivity index (χ2v) is 7.53. The summed E-state index contributed by atoms with van der Waals surface area (Å²) in [4.78, 5) is 20.9. The lowest BCUT2D eigenvalue weighted by Gasteiger charge is -2.15. The molecule has 1 aromatic heterocycles. The van der Waals surface area contributed by atoms with Crippen molar-refractivity contribution in [2.75, 3.05) is 11.9 Å². The Morgan fingerprint density at radius 3 is 2.55 bits per heavy atom. The molecule has 5 nitrogen and oxygen atoms in total. The maximum atomic E-state index is 14.5. The predicted molar refractivity (Wildman–Crippen MR) is 97.7 cm³/mol. The lowest BCUT2D eigenvalue weighted by molar-refractivity contribution is -0.137. The Hall–Kier alpha value is -1.98. The number of alkyl halides is 3. The molecular weight excluding hydrogens is 489 g/mol. The Balaban J connectivity index is 1.91. The minimum atomic E-state index is -4.69. The minimum Gasteiger partial charge on any atom is -0.336 e. The molecule has 2 aromatic rings. The summed E-state index contributed by atoms with van der Waals surface area (Å²) in [6.07, 6.45) is -2.27. The SMILES string of the molecule is O=C(NOCC1CC1)c1cc(Br)c(F)c(F)c1Nc1ncc(C(F)(F)F)cc1Cl. The summed E-state index contributed by atoms with van der Waals surface area (Å²) in [6, 6.07) is 1.57. The average molecular weight is 501 g/mol. The average Bonchev–Trinajstić information content (AvgIpc) is 3.46. The highest BCUT2D eigenvalue weighted by Crippen LogP contribution is 2.36. The third-order valence-corrected chi connectivity index (χ3v) is 4.86. The van der Waals surface area contributed by atoms with Crippen LogP contribution in [-0.2, 0) is 11.0 Å². The predicted octanol–water partition coefficient (Wildman–Crippen LogP) is 5.61. The van der Waals surface area contributed by atoms with E-state index in [1.54, 1.807) is 0 Å². The molecule has 1 fully saturated rings. The summed E-state index contributed by atoms with van der Waals surface area (Å²) < 4.78 is 66.4. The van der Waals surface area contributed by atoms with E-state index in [1.165, 1.54) is 0 Å². The highest BCUT2D eigenvalue weighted by Gasteiger charge is 2.32. The zero-order valence-corrected chi connectivity index (χ0v) is 16.7. The Kier molecular flexibility index (Phi) is 6.30. The number of nitrogens with one attached hydrogen (secondary N) is 2. The topological polar surface area (TPSA) is 63.2 Å². The van der Waals surface area contributed by atoms with E-state index in [1.807, 2.05) is 0 Å². The molecule has 0 saturated heterocycles. The largest absolute Gasteiger partial charge is 0.417 e. The number of amides is 1. The number of nitrogens with zero attached hydrogens (tertiary/aromatic N) is 1. The summed E-state index contributed by atoms with van der Waals surface area (Å²) in [6.45, 7) is 0.269. The number of carbonyl (C=O) groups is 1.